The Balaban J connectivity index is 4.11. The summed E-state index contributed by atoms with van der Waals surface area (Å²) in [6.45, 7) is 6.58. The van der Waals surface area contributed by atoms with Crippen LogP contribution in [-0.4, -0.2) is 37.2 Å². The topological polar surface area (TPSA) is 78.9 Å². The highest BCUT2D eigenvalue weighted by Gasteiger charge is 2.19. The SMILES string of the molecule is CC/C=C\C/C=C\C/C=C\C/C=C\CCCCCCCCCCCCCCCCCCCCC(=O)OCC(COC(=O)CCCCCCCCCCCC)OC(=O)CCCCCCCCCCCCC/C=C\CCCCCCCCCC. The van der Waals surface area contributed by atoms with Crippen molar-refractivity contribution in [3.63, 3.8) is 0 Å². The highest BCUT2D eigenvalue weighted by Crippen LogP contribution is 2.18. The molecule has 0 aliphatic rings. The van der Waals surface area contributed by atoms with Crippen LogP contribution >= 0.6 is 0 Å². The van der Waals surface area contributed by atoms with E-state index in [1.807, 2.05) is 0 Å². The molecule has 0 amide bonds. The lowest BCUT2D eigenvalue weighted by molar-refractivity contribution is -0.167. The van der Waals surface area contributed by atoms with E-state index >= 15 is 0 Å². The predicted octanol–water partition coefficient (Wildman–Crippen LogP) is 25.1. The molecule has 0 aliphatic carbocycles. The molecule has 0 aromatic rings. The number of unbranched alkanes of at least 4 members (excludes halogenated alkanes) is 46. The maximum Gasteiger partial charge on any atom is 0.306 e. The third-order valence-corrected chi connectivity index (χ3v) is 16.3. The van der Waals surface area contributed by atoms with Crippen molar-refractivity contribution in [1.82, 2.24) is 0 Å². The van der Waals surface area contributed by atoms with Gasteiger partial charge >= 0.3 is 17.9 Å². The van der Waals surface area contributed by atoms with Crippen molar-refractivity contribution in [2.24, 2.45) is 0 Å². The van der Waals surface area contributed by atoms with Crippen LogP contribution in [0.15, 0.2) is 60.8 Å². The molecule has 1 atom stereocenters. The minimum Gasteiger partial charge on any atom is -0.462 e. The van der Waals surface area contributed by atoms with E-state index in [1.54, 1.807) is 0 Å². The molecule has 0 radical (unpaired) electrons. The van der Waals surface area contributed by atoms with Crippen LogP contribution in [0.3, 0.4) is 0 Å². The Morgan fingerprint density at radius 2 is 0.476 bits per heavy atom. The molecule has 6 heteroatoms. The number of carbonyl (C=O) groups excluding carboxylic acids is 3. The van der Waals surface area contributed by atoms with Gasteiger partial charge in [-0.05, 0) is 83.5 Å². The molecule has 0 saturated heterocycles. The Kier molecular flexibility index (Phi) is 68.1. The van der Waals surface area contributed by atoms with Crippen molar-refractivity contribution in [1.29, 1.82) is 0 Å². The first-order valence-electron chi connectivity index (χ1n) is 36.3. The molecule has 1 unspecified atom stereocenters. The highest BCUT2D eigenvalue weighted by molar-refractivity contribution is 5.71. The molecule has 6 nitrogen and oxygen atoms in total. The summed E-state index contributed by atoms with van der Waals surface area (Å²) < 4.78 is 17.0. The molecule has 0 N–H and O–H groups in total. The average Bonchev–Trinajstić information content (AvgIpc) is 3.47. The van der Waals surface area contributed by atoms with Crippen LogP contribution in [0.4, 0.5) is 0 Å². The summed E-state index contributed by atoms with van der Waals surface area (Å²) in [5.74, 6) is -0.844. The van der Waals surface area contributed by atoms with Gasteiger partial charge in [-0.15, -0.1) is 0 Å². The molecule has 0 fully saturated rings. The van der Waals surface area contributed by atoms with E-state index in [0.29, 0.717) is 19.3 Å². The van der Waals surface area contributed by atoms with Gasteiger partial charge in [-0.3, -0.25) is 14.4 Å². The normalized spacial score (nSPS) is 12.4. The van der Waals surface area contributed by atoms with E-state index < -0.39 is 6.10 Å². The number of ether oxygens (including phenoxy) is 3. The molecule has 0 rings (SSSR count). The van der Waals surface area contributed by atoms with Gasteiger partial charge in [0.25, 0.3) is 0 Å². The van der Waals surface area contributed by atoms with Gasteiger partial charge in [-0.1, -0.05) is 345 Å². The van der Waals surface area contributed by atoms with Crippen molar-refractivity contribution in [3.8, 4) is 0 Å². The Hall–Kier alpha value is -2.89. The van der Waals surface area contributed by atoms with E-state index in [2.05, 4.69) is 81.5 Å². The first kappa shape index (κ1) is 79.1. The van der Waals surface area contributed by atoms with Crippen molar-refractivity contribution in [3.05, 3.63) is 60.8 Å². The van der Waals surface area contributed by atoms with Crippen LogP contribution in [0.5, 0.6) is 0 Å². The molecule has 0 aromatic carbocycles. The first-order valence-corrected chi connectivity index (χ1v) is 36.3. The summed E-state index contributed by atoms with van der Waals surface area (Å²) in [4.78, 5) is 38.4. The lowest BCUT2D eigenvalue weighted by Gasteiger charge is -2.18. The quantitative estimate of drug-likeness (QED) is 0.0261. The minimum absolute atomic E-state index is 0.0681. The van der Waals surface area contributed by atoms with Crippen molar-refractivity contribution < 1.29 is 28.6 Å². The first-order chi connectivity index (χ1) is 40.5. The average molecular weight is 1150 g/mol. The molecule has 478 valence electrons. The predicted molar refractivity (Wildman–Crippen MR) is 358 cm³/mol. The number of hydrogen-bond donors (Lipinski definition) is 0. The van der Waals surface area contributed by atoms with Gasteiger partial charge in [0.1, 0.15) is 13.2 Å². The van der Waals surface area contributed by atoms with Crippen molar-refractivity contribution >= 4 is 17.9 Å². The maximum absolute atomic E-state index is 12.9. The van der Waals surface area contributed by atoms with Gasteiger partial charge in [0, 0.05) is 19.3 Å². The van der Waals surface area contributed by atoms with Crippen LogP contribution < -0.4 is 0 Å². The summed E-state index contributed by atoms with van der Waals surface area (Å²) in [5, 5.41) is 0. The molecule has 0 bridgehead atoms. The zero-order valence-corrected chi connectivity index (χ0v) is 55.0. The number of esters is 3. The zero-order chi connectivity index (χ0) is 59.2. The number of rotatable bonds is 67. The number of carbonyl (C=O) groups is 3. The standard InChI is InChI=1S/C76H138O6/c1-4-7-10-13-16-19-22-24-26-28-30-32-34-35-36-37-38-39-40-41-43-44-46-48-50-52-54-57-60-63-66-69-75(78)81-72-73(71-80-74(77)68-65-62-59-56-21-18-15-12-9-6-3)82-76(79)70-67-64-61-58-55-53-51-49-47-45-42-33-31-29-27-25-23-20-17-14-11-8-5-2/h7,10,16,19,24,26,29-32,73H,4-6,8-9,11-15,17-18,20-23,25,27-28,33-72H2,1-3H3/b10-7-,19-16-,26-24-,31-29-,32-30-. The van der Waals surface area contributed by atoms with Gasteiger partial charge < -0.3 is 14.2 Å². The molecule has 0 aliphatic heterocycles. The van der Waals surface area contributed by atoms with E-state index in [1.165, 1.54) is 263 Å². The largest absolute Gasteiger partial charge is 0.462 e. The summed E-state index contributed by atoms with van der Waals surface area (Å²) in [6.07, 6.45) is 91.3. The molecule has 82 heavy (non-hydrogen) atoms. The molecule has 0 spiro atoms. The molecule has 0 aromatic heterocycles. The lowest BCUT2D eigenvalue weighted by atomic mass is 10.0. The second kappa shape index (κ2) is 70.6. The lowest BCUT2D eigenvalue weighted by Crippen LogP contribution is -2.30. The fraction of sp³-hybridized carbons (Fsp3) is 0.829. The Bertz CT molecular complexity index is 1460. The van der Waals surface area contributed by atoms with Crippen LogP contribution in [0.2, 0.25) is 0 Å². The third kappa shape index (κ3) is 67.9. The number of allylic oxidation sites excluding steroid dienone is 10. The molecule has 0 heterocycles. The van der Waals surface area contributed by atoms with Gasteiger partial charge in [-0.2, -0.15) is 0 Å². The zero-order valence-electron chi connectivity index (χ0n) is 55.0. The van der Waals surface area contributed by atoms with Crippen LogP contribution in [0, 0.1) is 0 Å². The number of hydrogen-bond acceptors (Lipinski definition) is 6. The highest BCUT2D eigenvalue weighted by atomic mass is 16.6. The Morgan fingerprint density at radius 1 is 0.256 bits per heavy atom. The van der Waals surface area contributed by atoms with Crippen molar-refractivity contribution in [2.45, 2.75) is 393 Å². The molecule has 0 saturated carbocycles. The summed E-state index contributed by atoms with van der Waals surface area (Å²) in [7, 11) is 0. The fourth-order valence-corrected chi connectivity index (χ4v) is 10.8. The summed E-state index contributed by atoms with van der Waals surface area (Å²) in [6, 6.07) is 0. The smallest absolute Gasteiger partial charge is 0.306 e. The van der Waals surface area contributed by atoms with Gasteiger partial charge in [-0.25, -0.2) is 0 Å². The second-order valence-corrected chi connectivity index (χ2v) is 24.5. The van der Waals surface area contributed by atoms with Crippen molar-refractivity contribution in [2.75, 3.05) is 13.2 Å². The molecular weight excluding hydrogens is 1010 g/mol. The second-order valence-electron chi connectivity index (χ2n) is 24.5. The van der Waals surface area contributed by atoms with Gasteiger partial charge in [0.2, 0.25) is 0 Å². The maximum atomic E-state index is 12.9. The van der Waals surface area contributed by atoms with E-state index in [-0.39, 0.29) is 31.1 Å². The summed E-state index contributed by atoms with van der Waals surface area (Å²) >= 11 is 0. The van der Waals surface area contributed by atoms with E-state index in [4.69, 9.17) is 14.2 Å². The van der Waals surface area contributed by atoms with Crippen LogP contribution in [-0.2, 0) is 28.6 Å². The minimum atomic E-state index is -0.771. The molecular formula is C76H138O6. The van der Waals surface area contributed by atoms with Crippen LogP contribution in [0.25, 0.3) is 0 Å². The monoisotopic (exact) mass is 1150 g/mol. The van der Waals surface area contributed by atoms with Crippen LogP contribution in [0.1, 0.15) is 387 Å². The Morgan fingerprint density at radius 3 is 0.756 bits per heavy atom. The summed E-state index contributed by atoms with van der Waals surface area (Å²) in [5.41, 5.74) is 0. The van der Waals surface area contributed by atoms with Gasteiger partial charge in [0.05, 0.1) is 0 Å². The fourth-order valence-electron chi connectivity index (χ4n) is 10.8. The van der Waals surface area contributed by atoms with E-state index in [0.717, 1.165) is 83.5 Å². The van der Waals surface area contributed by atoms with E-state index in [9.17, 15) is 14.4 Å². The van der Waals surface area contributed by atoms with Gasteiger partial charge in [0.15, 0.2) is 6.10 Å². The third-order valence-electron chi connectivity index (χ3n) is 16.3. The Labute approximate surface area is 510 Å².